The van der Waals surface area contributed by atoms with Crippen LogP contribution in [-0.2, 0) is 0 Å². The van der Waals surface area contributed by atoms with Gasteiger partial charge in [0.25, 0.3) is 0 Å². The minimum Gasteiger partial charge on any atom is -0.207 e. The van der Waals surface area contributed by atoms with Gasteiger partial charge in [-0.2, -0.15) is 0 Å². The topological polar surface area (TPSA) is 0 Å². The summed E-state index contributed by atoms with van der Waals surface area (Å²) >= 11 is 0. The van der Waals surface area contributed by atoms with Gasteiger partial charge in [-0.05, 0) is 47.4 Å². The molecular formula is C25H19BF. The highest BCUT2D eigenvalue weighted by Gasteiger charge is 2.05. The van der Waals surface area contributed by atoms with Crippen LogP contribution >= 0.6 is 0 Å². The van der Waals surface area contributed by atoms with Gasteiger partial charge in [0.2, 0.25) is 0 Å². The SMILES string of the molecule is Cc1ccc([B]c2cccc(-c3cccc(-c4cccc(F)c4)c3)c2)cc1. The highest BCUT2D eigenvalue weighted by Crippen LogP contribution is 2.26. The van der Waals surface area contributed by atoms with E-state index in [9.17, 15) is 4.39 Å². The van der Waals surface area contributed by atoms with Gasteiger partial charge >= 0.3 is 0 Å². The summed E-state index contributed by atoms with van der Waals surface area (Å²) < 4.78 is 13.6. The molecule has 0 atom stereocenters. The van der Waals surface area contributed by atoms with Gasteiger partial charge in [-0.25, -0.2) is 4.39 Å². The zero-order chi connectivity index (χ0) is 18.6. The molecule has 129 valence electrons. The molecule has 0 spiro atoms. The van der Waals surface area contributed by atoms with Gasteiger partial charge < -0.3 is 0 Å². The Morgan fingerprint density at radius 2 is 1.11 bits per heavy atom. The van der Waals surface area contributed by atoms with Crippen LogP contribution in [0.3, 0.4) is 0 Å². The third kappa shape index (κ3) is 4.17. The molecule has 4 aromatic rings. The van der Waals surface area contributed by atoms with Crippen molar-refractivity contribution in [1.82, 2.24) is 0 Å². The largest absolute Gasteiger partial charge is 0.207 e. The standard InChI is InChI=1S/C25H19BF/c1-18-11-13-23(14-12-18)26-24-9-3-7-21(16-24)19-5-2-6-20(15-19)22-8-4-10-25(27)17-22/h2-17H,1H3. The summed E-state index contributed by atoms with van der Waals surface area (Å²) in [5.41, 5.74) is 7.78. The van der Waals surface area contributed by atoms with Crippen molar-refractivity contribution in [3.05, 3.63) is 108 Å². The first kappa shape index (κ1) is 17.3. The van der Waals surface area contributed by atoms with Crippen molar-refractivity contribution in [2.75, 3.05) is 0 Å². The zero-order valence-electron chi connectivity index (χ0n) is 15.2. The van der Waals surface area contributed by atoms with Crippen molar-refractivity contribution >= 4 is 18.2 Å². The van der Waals surface area contributed by atoms with Crippen LogP contribution in [-0.4, -0.2) is 7.28 Å². The Kier molecular flexibility index (Phi) is 4.89. The molecule has 1 radical (unpaired) electrons. The summed E-state index contributed by atoms with van der Waals surface area (Å²) in [6.07, 6.45) is 0. The molecule has 0 fully saturated rings. The summed E-state index contributed by atoms with van der Waals surface area (Å²) in [5.74, 6) is -0.215. The van der Waals surface area contributed by atoms with E-state index < -0.39 is 0 Å². The first-order valence-electron chi connectivity index (χ1n) is 9.05. The lowest BCUT2D eigenvalue weighted by molar-refractivity contribution is 0.628. The van der Waals surface area contributed by atoms with Crippen molar-refractivity contribution in [1.29, 1.82) is 0 Å². The molecule has 0 bridgehead atoms. The number of halogens is 1. The molecule has 0 nitrogen and oxygen atoms in total. The average Bonchev–Trinajstić information content (AvgIpc) is 2.70. The van der Waals surface area contributed by atoms with Crippen molar-refractivity contribution in [2.45, 2.75) is 6.92 Å². The van der Waals surface area contributed by atoms with Crippen LogP contribution < -0.4 is 10.9 Å². The van der Waals surface area contributed by atoms with Gasteiger partial charge in [0, 0.05) is 0 Å². The fourth-order valence-electron chi connectivity index (χ4n) is 3.21. The Labute approximate surface area is 160 Å². The van der Waals surface area contributed by atoms with E-state index in [1.165, 1.54) is 17.1 Å². The maximum atomic E-state index is 13.6. The first-order chi connectivity index (χ1) is 13.2. The minimum absolute atomic E-state index is 0.215. The van der Waals surface area contributed by atoms with Gasteiger partial charge in [-0.1, -0.05) is 95.4 Å². The second-order valence-electron chi connectivity index (χ2n) is 6.77. The molecule has 0 saturated carbocycles. The number of hydrogen-bond donors (Lipinski definition) is 0. The summed E-state index contributed by atoms with van der Waals surface area (Å²) in [4.78, 5) is 0. The summed E-state index contributed by atoms with van der Waals surface area (Å²) in [7, 11) is 2.18. The number of aryl methyl sites for hydroxylation is 1. The molecular weight excluding hydrogens is 330 g/mol. The molecule has 4 aromatic carbocycles. The van der Waals surface area contributed by atoms with Crippen LogP contribution in [0.15, 0.2) is 97.1 Å². The van der Waals surface area contributed by atoms with Crippen molar-refractivity contribution < 1.29 is 4.39 Å². The Morgan fingerprint density at radius 3 is 1.78 bits per heavy atom. The first-order valence-corrected chi connectivity index (χ1v) is 9.05. The van der Waals surface area contributed by atoms with E-state index in [0.717, 1.165) is 27.7 Å². The second-order valence-corrected chi connectivity index (χ2v) is 6.77. The molecule has 27 heavy (non-hydrogen) atoms. The molecule has 0 aromatic heterocycles. The average molecular weight is 349 g/mol. The van der Waals surface area contributed by atoms with Crippen LogP contribution in [0.1, 0.15) is 5.56 Å². The summed E-state index contributed by atoms with van der Waals surface area (Å²) in [5, 5.41) is 0. The molecule has 0 unspecified atom stereocenters. The van der Waals surface area contributed by atoms with Crippen LogP contribution in [0, 0.1) is 12.7 Å². The van der Waals surface area contributed by atoms with Crippen LogP contribution in [0.25, 0.3) is 22.3 Å². The molecule has 0 N–H and O–H groups in total. The van der Waals surface area contributed by atoms with Crippen LogP contribution in [0.2, 0.25) is 0 Å². The number of rotatable bonds is 4. The quantitative estimate of drug-likeness (QED) is 0.449. The smallest absolute Gasteiger partial charge is 0.191 e. The maximum absolute atomic E-state index is 13.6. The lowest BCUT2D eigenvalue weighted by Gasteiger charge is -2.08. The molecule has 0 aliphatic heterocycles. The van der Waals surface area contributed by atoms with Gasteiger partial charge in [0.15, 0.2) is 7.28 Å². The van der Waals surface area contributed by atoms with E-state index in [1.807, 2.05) is 18.2 Å². The van der Waals surface area contributed by atoms with Gasteiger partial charge in [0.05, 0.1) is 0 Å². The Balaban J connectivity index is 1.64. The van der Waals surface area contributed by atoms with Crippen molar-refractivity contribution in [2.24, 2.45) is 0 Å². The normalized spacial score (nSPS) is 10.6. The fraction of sp³-hybridized carbons (Fsp3) is 0.0400. The van der Waals surface area contributed by atoms with Crippen molar-refractivity contribution in [3.8, 4) is 22.3 Å². The highest BCUT2D eigenvalue weighted by atomic mass is 19.1. The highest BCUT2D eigenvalue weighted by molar-refractivity contribution is 6.67. The fourth-order valence-corrected chi connectivity index (χ4v) is 3.21. The van der Waals surface area contributed by atoms with Crippen LogP contribution in [0.5, 0.6) is 0 Å². The number of benzene rings is 4. The maximum Gasteiger partial charge on any atom is 0.191 e. The summed E-state index contributed by atoms with van der Waals surface area (Å²) in [6.45, 7) is 2.09. The molecule has 0 amide bonds. The monoisotopic (exact) mass is 349 g/mol. The molecule has 2 heteroatoms. The molecule has 0 aliphatic carbocycles. The minimum atomic E-state index is -0.215. The van der Waals surface area contributed by atoms with E-state index in [4.69, 9.17) is 0 Å². The van der Waals surface area contributed by atoms with Gasteiger partial charge in [-0.15, -0.1) is 0 Å². The molecule has 0 aliphatic rings. The van der Waals surface area contributed by atoms with E-state index in [2.05, 4.69) is 74.9 Å². The van der Waals surface area contributed by atoms with E-state index >= 15 is 0 Å². The van der Waals surface area contributed by atoms with E-state index in [-0.39, 0.29) is 5.82 Å². The Bertz CT molecular complexity index is 1070. The van der Waals surface area contributed by atoms with E-state index in [0.29, 0.717) is 0 Å². The van der Waals surface area contributed by atoms with Crippen LogP contribution in [0.4, 0.5) is 4.39 Å². The number of hydrogen-bond acceptors (Lipinski definition) is 0. The van der Waals surface area contributed by atoms with E-state index in [1.54, 1.807) is 12.1 Å². The lowest BCUT2D eigenvalue weighted by Crippen LogP contribution is -2.26. The predicted molar refractivity (Wildman–Crippen MR) is 113 cm³/mol. The zero-order valence-corrected chi connectivity index (χ0v) is 15.2. The molecule has 0 heterocycles. The second kappa shape index (κ2) is 7.63. The summed E-state index contributed by atoms with van der Waals surface area (Å²) in [6, 6.07) is 31.9. The molecule has 0 saturated heterocycles. The van der Waals surface area contributed by atoms with Crippen molar-refractivity contribution in [3.63, 3.8) is 0 Å². The van der Waals surface area contributed by atoms with Gasteiger partial charge in [0.1, 0.15) is 5.82 Å². The lowest BCUT2D eigenvalue weighted by atomic mass is 9.63. The predicted octanol–water partition coefficient (Wildman–Crippen LogP) is 5.12. The molecule has 4 rings (SSSR count). The third-order valence-corrected chi connectivity index (χ3v) is 4.65. The van der Waals surface area contributed by atoms with Gasteiger partial charge in [-0.3, -0.25) is 0 Å². The Hall–Kier alpha value is -3.13. The Morgan fingerprint density at radius 1 is 0.556 bits per heavy atom. The third-order valence-electron chi connectivity index (χ3n) is 4.65.